The summed E-state index contributed by atoms with van der Waals surface area (Å²) in [6.07, 6.45) is 5.72. The first-order chi connectivity index (χ1) is 10.2. The molecule has 0 aliphatic heterocycles. The van der Waals surface area contributed by atoms with Crippen molar-refractivity contribution >= 4 is 0 Å². The predicted molar refractivity (Wildman–Crippen MR) is 81.6 cm³/mol. The van der Waals surface area contributed by atoms with Crippen LogP contribution < -0.4 is 0 Å². The van der Waals surface area contributed by atoms with Crippen molar-refractivity contribution in [2.45, 2.75) is 44.1 Å². The van der Waals surface area contributed by atoms with Gasteiger partial charge in [-0.25, -0.2) is 4.39 Å². The molecule has 1 fully saturated rings. The van der Waals surface area contributed by atoms with Crippen LogP contribution in [0.5, 0.6) is 0 Å². The van der Waals surface area contributed by atoms with Crippen LogP contribution >= 0.6 is 0 Å². The zero-order valence-electron chi connectivity index (χ0n) is 12.0. The second kappa shape index (κ2) is 4.67. The van der Waals surface area contributed by atoms with Crippen molar-refractivity contribution in [1.29, 1.82) is 0 Å². The summed E-state index contributed by atoms with van der Waals surface area (Å²) in [5.41, 5.74) is 4.17. The van der Waals surface area contributed by atoms with Crippen LogP contribution in [0.25, 0.3) is 11.1 Å². The Labute approximate surface area is 124 Å². The minimum atomic E-state index is -0.720. The van der Waals surface area contributed by atoms with Gasteiger partial charge in [0.25, 0.3) is 0 Å². The third-order valence-corrected chi connectivity index (χ3v) is 5.09. The van der Waals surface area contributed by atoms with Gasteiger partial charge in [-0.15, -0.1) is 0 Å². The number of fused-ring (bicyclic) bond motifs is 3. The summed E-state index contributed by atoms with van der Waals surface area (Å²) in [4.78, 5) is 0. The largest absolute Gasteiger partial charge is 0.385 e. The smallest absolute Gasteiger partial charge is 0.131 e. The molecule has 0 heterocycles. The number of benzene rings is 2. The van der Waals surface area contributed by atoms with Gasteiger partial charge in [0.2, 0.25) is 0 Å². The van der Waals surface area contributed by atoms with E-state index in [2.05, 4.69) is 0 Å². The number of hydrogen-bond donors (Lipinski definition) is 1. The summed E-state index contributed by atoms with van der Waals surface area (Å²) in [7, 11) is 0. The molecule has 2 aliphatic rings. The van der Waals surface area contributed by atoms with Crippen molar-refractivity contribution in [2.24, 2.45) is 0 Å². The fourth-order valence-electron chi connectivity index (χ4n) is 4.06. The Morgan fingerprint density at radius 3 is 2.52 bits per heavy atom. The molecule has 2 aromatic rings. The topological polar surface area (TPSA) is 20.2 Å². The van der Waals surface area contributed by atoms with Crippen molar-refractivity contribution in [1.82, 2.24) is 0 Å². The summed E-state index contributed by atoms with van der Waals surface area (Å²) in [5, 5.41) is 11.1. The number of aliphatic hydroxyl groups is 1. The van der Waals surface area contributed by atoms with Crippen LogP contribution in [0.2, 0.25) is 0 Å². The third kappa shape index (κ3) is 1.93. The van der Waals surface area contributed by atoms with Gasteiger partial charge >= 0.3 is 0 Å². The highest BCUT2D eigenvalue weighted by molar-refractivity contribution is 5.78. The highest BCUT2D eigenvalue weighted by Gasteiger charge is 2.35. The van der Waals surface area contributed by atoms with Crippen LogP contribution in [-0.4, -0.2) is 5.11 Å². The molecule has 0 unspecified atom stereocenters. The molecule has 1 saturated carbocycles. The Morgan fingerprint density at radius 2 is 1.71 bits per heavy atom. The minimum Gasteiger partial charge on any atom is -0.385 e. The fraction of sp³-hybridized carbons (Fsp3) is 0.368. The lowest BCUT2D eigenvalue weighted by Crippen LogP contribution is -2.29. The minimum absolute atomic E-state index is 0.154. The molecule has 21 heavy (non-hydrogen) atoms. The van der Waals surface area contributed by atoms with Gasteiger partial charge in [0.1, 0.15) is 5.82 Å². The van der Waals surface area contributed by atoms with E-state index in [0.717, 1.165) is 59.9 Å². The third-order valence-electron chi connectivity index (χ3n) is 5.09. The lowest BCUT2D eigenvalue weighted by Gasteiger charge is -2.34. The summed E-state index contributed by atoms with van der Waals surface area (Å²) in [6, 6.07) is 11.3. The first-order valence-electron chi connectivity index (χ1n) is 7.81. The normalized spacial score (nSPS) is 19.1. The maximum Gasteiger partial charge on any atom is 0.131 e. The predicted octanol–water partition coefficient (Wildman–Crippen LogP) is 4.55. The molecule has 2 heteroatoms. The maximum absolute atomic E-state index is 14.2. The summed E-state index contributed by atoms with van der Waals surface area (Å²) < 4.78 is 14.2. The van der Waals surface area contributed by atoms with E-state index in [1.165, 1.54) is 12.5 Å². The van der Waals surface area contributed by atoms with Gasteiger partial charge in [-0.1, -0.05) is 49.6 Å². The molecule has 1 nitrogen and oxygen atoms in total. The first kappa shape index (κ1) is 13.0. The van der Waals surface area contributed by atoms with Gasteiger partial charge in [-0.05, 0) is 47.6 Å². The van der Waals surface area contributed by atoms with Crippen molar-refractivity contribution in [3.8, 4) is 11.1 Å². The standard InChI is InChI=1S/C19H19FO/c20-17-9-4-6-13-12-15-14(18(13)17)7-5-8-16(15)19(21)10-2-1-3-11-19/h4-9,21H,1-3,10-12H2. The second-order valence-corrected chi connectivity index (χ2v) is 6.37. The molecule has 2 aliphatic carbocycles. The molecule has 0 amide bonds. The Kier molecular flexibility index (Phi) is 2.90. The molecular formula is C19H19FO. The highest BCUT2D eigenvalue weighted by Crippen LogP contribution is 2.46. The second-order valence-electron chi connectivity index (χ2n) is 6.37. The van der Waals surface area contributed by atoms with E-state index < -0.39 is 5.60 Å². The summed E-state index contributed by atoms with van der Waals surface area (Å²) in [6.45, 7) is 0. The number of halogens is 1. The van der Waals surface area contributed by atoms with Crippen molar-refractivity contribution in [2.75, 3.05) is 0 Å². The van der Waals surface area contributed by atoms with Crippen LogP contribution in [0, 0.1) is 5.82 Å². The van der Waals surface area contributed by atoms with E-state index in [-0.39, 0.29) is 5.82 Å². The quantitative estimate of drug-likeness (QED) is 0.694. The zero-order chi connectivity index (χ0) is 14.4. The van der Waals surface area contributed by atoms with E-state index in [1.54, 1.807) is 6.07 Å². The first-order valence-corrected chi connectivity index (χ1v) is 7.81. The van der Waals surface area contributed by atoms with Gasteiger partial charge in [0, 0.05) is 5.56 Å². The van der Waals surface area contributed by atoms with Crippen molar-refractivity contribution < 1.29 is 9.50 Å². The van der Waals surface area contributed by atoms with E-state index in [0.29, 0.717) is 0 Å². The lowest BCUT2D eigenvalue weighted by atomic mass is 9.77. The van der Waals surface area contributed by atoms with Gasteiger partial charge in [-0.3, -0.25) is 0 Å². The van der Waals surface area contributed by atoms with Gasteiger partial charge in [0.05, 0.1) is 5.60 Å². The van der Waals surface area contributed by atoms with E-state index in [1.807, 2.05) is 24.3 Å². The monoisotopic (exact) mass is 282 g/mol. The molecule has 0 spiro atoms. The lowest BCUT2D eigenvalue weighted by molar-refractivity contribution is -0.00123. The van der Waals surface area contributed by atoms with Gasteiger partial charge < -0.3 is 5.11 Å². The Balaban J connectivity index is 1.87. The SMILES string of the molecule is OC1(c2cccc3c2Cc2cccc(F)c2-3)CCCCC1. The Morgan fingerprint density at radius 1 is 0.952 bits per heavy atom. The van der Waals surface area contributed by atoms with Crippen molar-refractivity contribution in [3.63, 3.8) is 0 Å². The van der Waals surface area contributed by atoms with Crippen LogP contribution in [0.1, 0.15) is 48.8 Å². The van der Waals surface area contributed by atoms with Crippen LogP contribution in [0.15, 0.2) is 36.4 Å². The molecule has 1 N–H and O–H groups in total. The van der Waals surface area contributed by atoms with Crippen LogP contribution in [-0.2, 0) is 12.0 Å². The van der Waals surface area contributed by atoms with E-state index in [4.69, 9.17) is 0 Å². The molecule has 108 valence electrons. The molecule has 0 radical (unpaired) electrons. The summed E-state index contributed by atoms with van der Waals surface area (Å²) >= 11 is 0. The Hall–Kier alpha value is -1.67. The van der Waals surface area contributed by atoms with Crippen LogP contribution in [0.3, 0.4) is 0 Å². The number of hydrogen-bond acceptors (Lipinski definition) is 1. The molecule has 4 rings (SSSR count). The fourth-order valence-corrected chi connectivity index (χ4v) is 4.06. The van der Waals surface area contributed by atoms with Crippen LogP contribution in [0.4, 0.5) is 4.39 Å². The molecule has 2 aromatic carbocycles. The van der Waals surface area contributed by atoms with E-state index in [9.17, 15) is 9.50 Å². The molecule has 0 saturated heterocycles. The number of rotatable bonds is 1. The van der Waals surface area contributed by atoms with E-state index >= 15 is 0 Å². The molecule has 0 bridgehead atoms. The molecule has 0 atom stereocenters. The van der Waals surface area contributed by atoms with Gasteiger partial charge in [0.15, 0.2) is 0 Å². The highest BCUT2D eigenvalue weighted by atomic mass is 19.1. The molecule has 0 aromatic heterocycles. The maximum atomic E-state index is 14.2. The van der Waals surface area contributed by atoms with Gasteiger partial charge in [-0.2, -0.15) is 0 Å². The average molecular weight is 282 g/mol. The molecular weight excluding hydrogens is 263 g/mol. The Bertz CT molecular complexity index is 699. The summed E-state index contributed by atoms with van der Waals surface area (Å²) in [5.74, 6) is -0.154. The van der Waals surface area contributed by atoms with Crippen molar-refractivity contribution in [3.05, 3.63) is 58.9 Å². The zero-order valence-corrected chi connectivity index (χ0v) is 12.0. The average Bonchev–Trinajstić information content (AvgIpc) is 2.87.